The highest BCUT2D eigenvalue weighted by Gasteiger charge is 2.26. The van der Waals surface area contributed by atoms with Gasteiger partial charge in [-0.2, -0.15) is 9.57 Å². The SMILES string of the molecule is CCN(Cc1ccc(OC)c(OC)c1)S(=O)(=O)c1ccccc1C#N. The number of sulfonamides is 1. The highest BCUT2D eigenvalue weighted by molar-refractivity contribution is 7.89. The predicted molar refractivity (Wildman–Crippen MR) is 94.0 cm³/mol. The van der Waals surface area contributed by atoms with E-state index in [1.54, 1.807) is 44.4 Å². The molecule has 0 radical (unpaired) electrons. The third-order valence-corrected chi connectivity index (χ3v) is 5.76. The normalized spacial score (nSPS) is 11.2. The van der Waals surface area contributed by atoms with Gasteiger partial charge in [0.05, 0.1) is 24.7 Å². The van der Waals surface area contributed by atoms with Crippen LogP contribution in [0.2, 0.25) is 0 Å². The molecule has 0 aliphatic rings. The molecule has 2 aromatic carbocycles. The van der Waals surface area contributed by atoms with Crippen LogP contribution in [-0.2, 0) is 16.6 Å². The van der Waals surface area contributed by atoms with Crippen molar-refractivity contribution in [1.29, 1.82) is 5.26 Å². The first-order chi connectivity index (χ1) is 12.0. The Morgan fingerprint density at radius 2 is 1.76 bits per heavy atom. The molecule has 0 fully saturated rings. The zero-order chi connectivity index (χ0) is 18.4. The summed E-state index contributed by atoms with van der Waals surface area (Å²) in [6, 6.07) is 13.4. The predicted octanol–water partition coefficient (Wildman–Crippen LogP) is 2.79. The summed E-state index contributed by atoms with van der Waals surface area (Å²) >= 11 is 0. The molecule has 0 aliphatic heterocycles. The van der Waals surface area contributed by atoms with Gasteiger partial charge in [0.25, 0.3) is 0 Å². The van der Waals surface area contributed by atoms with Crippen LogP contribution < -0.4 is 9.47 Å². The fourth-order valence-electron chi connectivity index (χ4n) is 2.47. The lowest BCUT2D eigenvalue weighted by molar-refractivity contribution is 0.353. The molecule has 0 atom stereocenters. The summed E-state index contributed by atoms with van der Waals surface area (Å²) in [5, 5.41) is 9.19. The second-order valence-corrected chi connectivity index (χ2v) is 7.13. The number of hydrogen-bond donors (Lipinski definition) is 0. The molecule has 7 heteroatoms. The molecule has 0 spiro atoms. The number of ether oxygens (including phenoxy) is 2. The Bertz CT molecular complexity index is 888. The van der Waals surface area contributed by atoms with Gasteiger partial charge in [0.1, 0.15) is 6.07 Å². The first kappa shape index (κ1) is 18.8. The average molecular weight is 360 g/mol. The number of benzene rings is 2. The second-order valence-electron chi connectivity index (χ2n) is 5.23. The topological polar surface area (TPSA) is 79.6 Å². The zero-order valence-corrected chi connectivity index (χ0v) is 15.2. The van der Waals surface area contributed by atoms with Crippen LogP contribution >= 0.6 is 0 Å². The Morgan fingerprint density at radius 1 is 1.08 bits per heavy atom. The van der Waals surface area contributed by atoms with Crippen LogP contribution in [-0.4, -0.2) is 33.5 Å². The maximum atomic E-state index is 12.9. The number of hydrogen-bond acceptors (Lipinski definition) is 5. The zero-order valence-electron chi connectivity index (χ0n) is 14.4. The largest absolute Gasteiger partial charge is 0.493 e. The summed E-state index contributed by atoms with van der Waals surface area (Å²) in [5.41, 5.74) is 0.894. The quantitative estimate of drug-likeness (QED) is 0.758. The van der Waals surface area contributed by atoms with E-state index in [9.17, 15) is 13.7 Å². The van der Waals surface area contributed by atoms with Crippen molar-refractivity contribution in [2.24, 2.45) is 0 Å². The van der Waals surface area contributed by atoms with Crippen molar-refractivity contribution in [3.05, 3.63) is 53.6 Å². The number of nitriles is 1. The fraction of sp³-hybridized carbons (Fsp3) is 0.278. The second kappa shape index (κ2) is 8.01. The van der Waals surface area contributed by atoms with E-state index >= 15 is 0 Å². The molecular weight excluding hydrogens is 340 g/mol. The fourth-order valence-corrected chi connectivity index (χ4v) is 4.05. The number of methoxy groups -OCH3 is 2. The Labute approximate surface area is 148 Å². The van der Waals surface area contributed by atoms with Gasteiger partial charge >= 0.3 is 0 Å². The van der Waals surface area contributed by atoms with E-state index in [2.05, 4.69) is 0 Å². The first-order valence-corrected chi connectivity index (χ1v) is 9.12. The van der Waals surface area contributed by atoms with Gasteiger partial charge in [0.15, 0.2) is 11.5 Å². The van der Waals surface area contributed by atoms with Gasteiger partial charge in [-0.25, -0.2) is 8.42 Å². The molecule has 0 aromatic heterocycles. The summed E-state index contributed by atoms with van der Waals surface area (Å²) in [7, 11) is -0.721. The lowest BCUT2D eigenvalue weighted by atomic mass is 10.2. The van der Waals surface area contributed by atoms with Crippen molar-refractivity contribution < 1.29 is 17.9 Å². The van der Waals surface area contributed by atoms with Crippen molar-refractivity contribution in [1.82, 2.24) is 4.31 Å². The van der Waals surface area contributed by atoms with Gasteiger partial charge in [-0.3, -0.25) is 0 Å². The molecule has 132 valence electrons. The van der Waals surface area contributed by atoms with Gasteiger partial charge in [-0.15, -0.1) is 0 Å². The van der Waals surface area contributed by atoms with Crippen molar-refractivity contribution in [3.8, 4) is 17.6 Å². The van der Waals surface area contributed by atoms with Gasteiger partial charge in [0.2, 0.25) is 10.0 Å². The molecule has 0 heterocycles. The Balaban J connectivity index is 2.38. The molecule has 0 saturated heterocycles. The van der Waals surface area contributed by atoms with Crippen molar-refractivity contribution in [2.75, 3.05) is 20.8 Å². The standard InChI is InChI=1S/C18H20N2O4S/c1-4-20(13-14-9-10-16(23-2)17(11-14)24-3)25(21,22)18-8-6-5-7-15(18)12-19/h5-11H,4,13H2,1-3H3. The van der Waals surface area contributed by atoms with E-state index < -0.39 is 10.0 Å². The smallest absolute Gasteiger partial charge is 0.244 e. The van der Waals surface area contributed by atoms with Crippen molar-refractivity contribution >= 4 is 10.0 Å². The van der Waals surface area contributed by atoms with E-state index in [0.29, 0.717) is 11.5 Å². The average Bonchev–Trinajstić information content (AvgIpc) is 2.65. The lowest BCUT2D eigenvalue weighted by Crippen LogP contribution is -2.31. The third-order valence-electron chi connectivity index (χ3n) is 3.78. The van der Waals surface area contributed by atoms with Crippen LogP contribution in [0.5, 0.6) is 11.5 Å². The molecule has 0 saturated carbocycles. The molecule has 2 rings (SSSR count). The number of rotatable bonds is 7. The number of nitrogens with zero attached hydrogens (tertiary/aromatic N) is 2. The molecule has 0 N–H and O–H groups in total. The minimum Gasteiger partial charge on any atom is -0.493 e. The third kappa shape index (κ3) is 3.92. The van der Waals surface area contributed by atoms with Gasteiger partial charge < -0.3 is 9.47 Å². The van der Waals surface area contributed by atoms with Crippen LogP contribution in [0.1, 0.15) is 18.1 Å². The molecule has 0 aliphatic carbocycles. The molecule has 0 unspecified atom stereocenters. The highest BCUT2D eigenvalue weighted by Crippen LogP contribution is 2.29. The van der Waals surface area contributed by atoms with Crippen molar-refractivity contribution in [3.63, 3.8) is 0 Å². The summed E-state index contributed by atoms with van der Waals surface area (Å²) in [4.78, 5) is 0.0137. The van der Waals surface area contributed by atoms with Gasteiger partial charge in [0, 0.05) is 13.1 Å². The van der Waals surface area contributed by atoms with E-state index in [1.165, 1.54) is 23.5 Å². The first-order valence-electron chi connectivity index (χ1n) is 7.68. The van der Waals surface area contributed by atoms with Crippen LogP contribution in [0.15, 0.2) is 47.4 Å². The van der Waals surface area contributed by atoms with Gasteiger partial charge in [-0.05, 0) is 29.8 Å². The molecule has 25 heavy (non-hydrogen) atoms. The van der Waals surface area contributed by atoms with Crippen molar-refractivity contribution in [2.45, 2.75) is 18.4 Å². The van der Waals surface area contributed by atoms with Gasteiger partial charge in [-0.1, -0.05) is 25.1 Å². The summed E-state index contributed by atoms with van der Waals surface area (Å²) in [6.07, 6.45) is 0. The Morgan fingerprint density at radius 3 is 2.36 bits per heavy atom. The maximum Gasteiger partial charge on any atom is 0.244 e. The van der Waals surface area contributed by atoms with E-state index in [1.807, 2.05) is 6.07 Å². The van der Waals surface area contributed by atoms with E-state index in [-0.39, 0.29) is 23.5 Å². The van der Waals surface area contributed by atoms with E-state index in [0.717, 1.165) is 5.56 Å². The molecule has 2 aromatic rings. The minimum absolute atomic E-state index is 0.0137. The molecular formula is C18H20N2O4S. The summed E-state index contributed by atoms with van der Waals surface area (Å²) < 4.78 is 37.7. The molecule has 6 nitrogen and oxygen atoms in total. The lowest BCUT2D eigenvalue weighted by Gasteiger charge is -2.21. The monoisotopic (exact) mass is 360 g/mol. The highest BCUT2D eigenvalue weighted by atomic mass is 32.2. The van der Waals surface area contributed by atoms with Crippen LogP contribution in [0.4, 0.5) is 0 Å². The maximum absolute atomic E-state index is 12.9. The molecule has 0 amide bonds. The van der Waals surface area contributed by atoms with Crippen LogP contribution in [0, 0.1) is 11.3 Å². The summed E-state index contributed by atoms with van der Waals surface area (Å²) in [5.74, 6) is 1.11. The summed E-state index contributed by atoms with van der Waals surface area (Å²) in [6.45, 7) is 2.20. The van der Waals surface area contributed by atoms with Crippen LogP contribution in [0.3, 0.4) is 0 Å². The Kier molecular flexibility index (Phi) is 6.02. The van der Waals surface area contributed by atoms with Crippen LogP contribution in [0.25, 0.3) is 0 Å². The molecule has 0 bridgehead atoms. The Hall–Kier alpha value is -2.56. The van der Waals surface area contributed by atoms with E-state index in [4.69, 9.17) is 9.47 Å². The minimum atomic E-state index is -3.79.